The van der Waals surface area contributed by atoms with Crippen LogP contribution in [0.15, 0.2) is 0 Å². The fourth-order valence-corrected chi connectivity index (χ4v) is 8.46. The van der Waals surface area contributed by atoms with Gasteiger partial charge in [0.15, 0.2) is 0 Å². The maximum Gasteiger partial charge on any atom is 0.338 e. The van der Waals surface area contributed by atoms with Gasteiger partial charge in [-0.15, -0.1) is 0 Å². The van der Waals surface area contributed by atoms with Crippen molar-refractivity contribution in [3.05, 3.63) is 0 Å². The molecule has 0 radical (unpaired) electrons. The molecule has 0 bridgehead atoms. The zero-order valence-corrected chi connectivity index (χ0v) is 24.0. The minimum absolute atomic E-state index is 0.821. The Morgan fingerprint density at radius 1 is 0.344 bits per heavy atom. The SMILES string of the molecule is CCCCCCCCCCCCCCC[Si](CCCCCCCCCC)(OCC)OCC. The minimum Gasteiger partial charge on any atom is -0.394 e. The molecule has 0 saturated carbocycles. The van der Waals surface area contributed by atoms with Crippen molar-refractivity contribution in [2.24, 2.45) is 0 Å². The molecular formula is C29H62O2Si. The van der Waals surface area contributed by atoms with Crippen LogP contribution in [0.3, 0.4) is 0 Å². The van der Waals surface area contributed by atoms with Crippen LogP contribution in [-0.4, -0.2) is 21.8 Å². The van der Waals surface area contributed by atoms with Gasteiger partial charge < -0.3 is 8.85 Å². The topological polar surface area (TPSA) is 18.5 Å². The highest BCUT2D eigenvalue weighted by molar-refractivity contribution is 6.67. The molecule has 0 aromatic heterocycles. The molecule has 0 heterocycles. The van der Waals surface area contributed by atoms with Crippen LogP contribution in [0.5, 0.6) is 0 Å². The van der Waals surface area contributed by atoms with Gasteiger partial charge in [-0.1, -0.05) is 149 Å². The van der Waals surface area contributed by atoms with Crippen LogP contribution in [0.4, 0.5) is 0 Å². The lowest BCUT2D eigenvalue weighted by Crippen LogP contribution is -2.42. The van der Waals surface area contributed by atoms with Crippen LogP contribution in [0.2, 0.25) is 12.1 Å². The van der Waals surface area contributed by atoms with Gasteiger partial charge in [0.1, 0.15) is 0 Å². The van der Waals surface area contributed by atoms with Crippen molar-refractivity contribution in [2.75, 3.05) is 13.2 Å². The minimum atomic E-state index is -1.98. The van der Waals surface area contributed by atoms with Crippen LogP contribution in [0.25, 0.3) is 0 Å². The molecule has 0 aliphatic rings. The van der Waals surface area contributed by atoms with Gasteiger partial charge in [0, 0.05) is 13.2 Å². The summed E-state index contributed by atoms with van der Waals surface area (Å²) < 4.78 is 12.7. The summed E-state index contributed by atoms with van der Waals surface area (Å²) in [5.74, 6) is 0. The zero-order valence-electron chi connectivity index (χ0n) is 23.0. The number of rotatable bonds is 27. The van der Waals surface area contributed by atoms with E-state index in [9.17, 15) is 0 Å². The Morgan fingerprint density at radius 3 is 0.844 bits per heavy atom. The summed E-state index contributed by atoms with van der Waals surface area (Å²) in [5, 5.41) is 0. The fraction of sp³-hybridized carbons (Fsp3) is 1.00. The van der Waals surface area contributed by atoms with Crippen LogP contribution >= 0.6 is 0 Å². The molecule has 0 fully saturated rings. The van der Waals surface area contributed by atoms with Crippen molar-refractivity contribution in [1.82, 2.24) is 0 Å². The first-order valence-electron chi connectivity index (χ1n) is 15.0. The highest BCUT2D eigenvalue weighted by atomic mass is 28.4. The number of hydrogen-bond donors (Lipinski definition) is 0. The maximum absolute atomic E-state index is 6.35. The van der Waals surface area contributed by atoms with Crippen molar-refractivity contribution < 1.29 is 8.85 Å². The van der Waals surface area contributed by atoms with Gasteiger partial charge >= 0.3 is 8.56 Å². The van der Waals surface area contributed by atoms with E-state index < -0.39 is 8.56 Å². The molecule has 0 aliphatic carbocycles. The third-order valence-electron chi connectivity index (χ3n) is 6.89. The Balaban J connectivity index is 3.85. The quantitative estimate of drug-likeness (QED) is 0.0877. The summed E-state index contributed by atoms with van der Waals surface area (Å²) in [7, 11) is -1.98. The summed E-state index contributed by atoms with van der Waals surface area (Å²) in [6, 6.07) is 2.42. The normalized spacial score (nSPS) is 12.0. The molecule has 0 amide bonds. The molecule has 32 heavy (non-hydrogen) atoms. The highest BCUT2D eigenvalue weighted by Gasteiger charge is 2.35. The summed E-state index contributed by atoms with van der Waals surface area (Å²) in [5.41, 5.74) is 0. The number of hydrogen-bond acceptors (Lipinski definition) is 2. The third-order valence-corrected chi connectivity index (χ3v) is 10.7. The molecule has 0 saturated heterocycles. The molecule has 2 nitrogen and oxygen atoms in total. The molecule has 0 aromatic carbocycles. The summed E-state index contributed by atoms with van der Waals surface area (Å²) in [6.07, 6.45) is 29.5. The molecule has 0 atom stereocenters. The molecule has 194 valence electrons. The second kappa shape index (κ2) is 25.8. The van der Waals surface area contributed by atoms with E-state index >= 15 is 0 Å². The lowest BCUT2D eigenvalue weighted by atomic mass is 10.1. The average Bonchev–Trinajstić information content (AvgIpc) is 2.79. The summed E-state index contributed by atoms with van der Waals surface area (Å²) >= 11 is 0. The lowest BCUT2D eigenvalue weighted by Gasteiger charge is -2.30. The maximum atomic E-state index is 6.35. The van der Waals surface area contributed by atoms with Crippen molar-refractivity contribution in [3.63, 3.8) is 0 Å². The standard InChI is InChI=1S/C29H62O2Si/c1-5-9-11-13-15-17-18-19-20-21-23-25-27-29-32(30-7-3,31-8-4)28-26-24-22-16-14-12-10-6-2/h5-29H2,1-4H3. The second-order valence-electron chi connectivity index (χ2n) is 9.99. The van der Waals surface area contributed by atoms with Gasteiger partial charge in [0.05, 0.1) is 0 Å². The van der Waals surface area contributed by atoms with Crippen molar-refractivity contribution >= 4 is 8.56 Å². The monoisotopic (exact) mass is 470 g/mol. The largest absolute Gasteiger partial charge is 0.394 e. The Bertz CT molecular complexity index is 342. The van der Waals surface area contributed by atoms with Crippen molar-refractivity contribution in [2.45, 2.75) is 175 Å². The molecule has 3 heteroatoms. The second-order valence-corrected chi connectivity index (χ2v) is 13.4. The third kappa shape index (κ3) is 20.7. The van der Waals surface area contributed by atoms with E-state index in [-0.39, 0.29) is 0 Å². The first kappa shape index (κ1) is 32.1. The molecule has 0 spiro atoms. The van der Waals surface area contributed by atoms with Crippen LogP contribution in [0.1, 0.15) is 163 Å². The van der Waals surface area contributed by atoms with Gasteiger partial charge in [-0.25, -0.2) is 0 Å². The van der Waals surface area contributed by atoms with Crippen LogP contribution in [-0.2, 0) is 8.85 Å². The van der Waals surface area contributed by atoms with Gasteiger partial charge in [-0.2, -0.15) is 0 Å². The van der Waals surface area contributed by atoms with Gasteiger partial charge in [-0.3, -0.25) is 0 Å². The molecule has 0 rings (SSSR count). The van der Waals surface area contributed by atoms with E-state index in [2.05, 4.69) is 27.7 Å². The zero-order chi connectivity index (χ0) is 23.6. The van der Waals surface area contributed by atoms with E-state index in [1.54, 1.807) is 0 Å². The predicted octanol–water partition coefficient (Wildman–Crippen LogP) is 10.7. The average molecular weight is 471 g/mol. The van der Waals surface area contributed by atoms with E-state index in [0.717, 1.165) is 13.2 Å². The predicted molar refractivity (Wildman–Crippen MR) is 147 cm³/mol. The molecular weight excluding hydrogens is 408 g/mol. The van der Waals surface area contributed by atoms with Crippen LogP contribution in [0, 0.1) is 0 Å². The highest BCUT2D eigenvalue weighted by Crippen LogP contribution is 2.26. The van der Waals surface area contributed by atoms with Gasteiger partial charge in [-0.05, 0) is 25.9 Å². The van der Waals surface area contributed by atoms with Crippen molar-refractivity contribution in [1.29, 1.82) is 0 Å². The number of unbranched alkanes of at least 4 members (excludes halogenated alkanes) is 19. The molecule has 0 N–H and O–H groups in total. The fourth-order valence-electron chi connectivity index (χ4n) is 4.92. The van der Waals surface area contributed by atoms with E-state index in [4.69, 9.17) is 8.85 Å². The molecule has 0 aromatic rings. The van der Waals surface area contributed by atoms with E-state index in [0.29, 0.717) is 0 Å². The van der Waals surface area contributed by atoms with Gasteiger partial charge in [0.25, 0.3) is 0 Å². The molecule has 0 unspecified atom stereocenters. The first-order valence-corrected chi connectivity index (χ1v) is 17.3. The Labute approximate surface area is 205 Å². The van der Waals surface area contributed by atoms with Gasteiger partial charge in [0.2, 0.25) is 0 Å². The van der Waals surface area contributed by atoms with Crippen molar-refractivity contribution in [3.8, 4) is 0 Å². The summed E-state index contributed by atoms with van der Waals surface area (Å²) in [4.78, 5) is 0. The Kier molecular flexibility index (Phi) is 25.9. The summed E-state index contributed by atoms with van der Waals surface area (Å²) in [6.45, 7) is 10.5. The Hall–Kier alpha value is 0.137. The molecule has 0 aliphatic heterocycles. The first-order chi connectivity index (χ1) is 15.7. The smallest absolute Gasteiger partial charge is 0.338 e. The van der Waals surface area contributed by atoms with Crippen LogP contribution < -0.4 is 0 Å². The van der Waals surface area contributed by atoms with E-state index in [1.165, 1.54) is 147 Å². The van der Waals surface area contributed by atoms with E-state index in [1.807, 2.05) is 0 Å². The Morgan fingerprint density at radius 2 is 0.594 bits per heavy atom. The lowest BCUT2D eigenvalue weighted by molar-refractivity contribution is 0.180.